The lowest BCUT2D eigenvalue weighted by Crippen LogP contribution is -2.41. The molecular weight excluding hydrogens is 352 g/mol. The normalized spacial score (nSPS) is 17.4. The van der Waals surface area contributed by atoms with Crippen molar-refractivity contribution < 1.29 is 9.53 Å². The molecule has 2 aromatic rings. The van der Waals surface area contributed by atoms with Crippen LogP contribution in [-0.4, -0.2) is 58.4 Å². The number of carbonyl (C=O) groups is 1. The summed E-state index contributed by atoms with van der Waals surface area (Å²) in [4.78, 5) is 24.6. The maximum absolute atomic E-state index is 12.1. The summed E-state index contributed by atoms with van der Waals surface area (Å²) in [6.45, 7) is 4.83. The van der Waals surface area contributed by atoms with Gasteiger partial charge in [-0.1, -0.05) is 12.5 Å². The summed E-state index contributed by atoms with van der Waals surface area (Å²) in [7, 11) is 1.73. The summed E-state index contributed by atoms with van der Waals surface area (Å²) in [5.41, 5.74) is 2.80. The number of benzene rings is 1. The third-order valence-electron chi connectivity index (χ3n) is 5.98. The van der Waals surface area contributed by atoms with Crippen molar-refractivity contribution in [3.8, 4) is 11.5 Å². The molecule has 1 aromatic heterocycles. The maximum Gasteiger partial charge on any atom is 0.291 e. The molecule has 148 valence electrons. The molecule has 0 bridgehead atoms. The average molecular weight is 380 g/mol. The van der Waals surface area contributed by atoms with Crippen molar-refractivity contribution in [3.63, 3.8) is 0 Å². The van der Waals surface area contributed by atoms with Gasteiger partial charge in [-0.25, -0.2) is 9.97 Å². The van der Waals surface area contributed by atoms with Crippen LogP contribution in [0.15, 0.2) is 30.6 Å². The summed E-state index contributed by atoms with van der Waals surface area (Å²) in [5, 5.41) is 0. The Morgan fingerprint density at radius 3 is 2.50 bits per heavy atom. The zero-order valence-corrected chi connectivity index (χ0v) is 16.7. The van der Waals surface area contributed by atoms with Gasteiger partial charge in [0.15, 0.2) is 5.75 Å². The van der Waals surface area contributed by atoms with Crippen molar-refractivity contribution in [1.82, 2.24) is 19.8 Å². The number of amides is 1. The molecule has 4 rings (SSSR count). The van der Waals surface area contributed by atoms with Crippen molar-refractivity contribution in [2.45, 2.75) is 45.1 Å². The topological polar surface area (TPSA) is 58.6 Å². The molecule has 0 N–H and O–H groups in total. The van der Waals surface area contributed by atoms with Crippen molar-refractivity contribution in [3.05, 3.63) is 47.5 Å². The zero-order valence-electron chi connectivity index (χ0n) is 16.7. The molecule has 6 heteroatoms. The van der Waals surface area contributed by atoms with E-state index in [1.54, 1.807) is 24.3 Å². The molecule has 0 unspecified atom stereocenters. The number of nitrogens with zero attached hydrogens (tertiary/aromatic N) is 4. The number of carbonyl (C=O) groups excluding carboxylic acids is 1. The Kier molecular flexibility index (Phi) is 5.57. The van der Waals surface area contributed by atoms with Crippen LogP contribution in [0.25, 0.3) is 0 Å². The third kappa shape index (κ3) is 4.02. The number of hydrogen-bond donors (Lipinski definition) is 0. The van der Waals surface area contributed by atoms with Gasteiger partial charge in [-0.05, 0) is 55.9 Å². The Morgan fingerprint density at radius 2 is 1.86 bits per heavy atom. The lowest BCUT2D eigenvalue weighted by molar-refractivity contribution is 0.0790. The molecular formula is C22H28N4O2. The Bertz CT molecular complexity index is 833. The molecule has 0 saturated heterocycles. The minimum atomic E-state index is -0.185. The van der Waals surface area contributed by atoms with Crippen LogP contribution in [0, 0.1) is 0 Å². The lowest BCUT2D eigenvalue weighted by Gasteiger charge is -2.36. The Labute approximate surface area is 166 Å². The summed E-state index contributed by atoms with van der Waals surface area (Å²) in [5.74, 6) is 1.34. The van der Waals surface area contributed by atoms with Crippen molar-refractivity contribution in [1.29, 1.82) is 0 Å². The van der Waals surface area contributed by atoms with Gasteiger partial charge in [0, 0.05) is 32.7 Å². The highest BCUT2D eigenvalue weighted by Gasteiger charge is 2.26. The predicted octanol–water partition coefficient (Wildman–Crippen LogP) is 3.31. The summed E-state index contributed by atoms with van der Waals surface area (Å²) in [6.07, 6.45) is 9.40. The second-order valence-corrected chi connectivity index (χ2v) is 7.71. The van der Waals surface area contributed by atoms with Crippen LogP contribution in [-0.2, 0) is 12.8 Å². The number of fused-ring (bicyclic) bond motifs is 1. The van der Waals surface area contributed by atoms with E-state index in [0.717, 1.165) is 37.7 Å². The highest BCUT2D eigenvalue weighted by molar-refractivity contribution is 5.90. The highest BCUT2D eigenvalue weighted by Crippen LogP contribution is 2.29. The fourth-order valence-electron chi connectivity index (χ4n) is 3.83. The minimum absolute atomic E-state index is 0.185. The first kappa shape index (κ1) is 18.9. The van der Waals surface area contributed by atoms with E-state index in [0.29, 0.717) is 12.3 Å². The number of rotatable bonds is 5. The molecule has 1 aliphatic carbocycles. The van der Waals surface area contributed by atoms with Gasteiger partial charge in [-0.2, -0.15) is 0 Å². The molecule has 1 amide bonds. The molecule has 0 spiro atoms. The van der Waals surface area contributed by atoms with Gasteiger partial charge in [0.05, 0.1) is 12.4 Å². The molecule has 0 radical (unpaired) electrons. The van der Waals surface area contributed by atoms with Crippen LogP contribution in [0.1, 0.15) is 47.9 Å². The molecule has 1 fully saturated rings. The van der Waals surface area contributed by atoms with E-state index in [-0.39, 0.29) is 11.7 Å². The molecule has 2 heterocycles. The van der Waals surface area contributed by atoms with Gasteiger partial charge in [-0.15, -0.1) is 0 Å². The maximum atomic E-state index is 12.1. The molecule has 28 heavy (non-hydrogen) atoms. The molecule has 6 nitrogen and oxygen atoms in total. The molecule has 0 atom stereocenters. The van der Waals surface area contributed by atoms with Crippen LogP contribution in [0.4, 0.5) is 0 Å². The van der Waals surface area contributed by atoms with E-state index in [1.807, 2.05) is 13.0 Å². The summed E-state index contributed by atoms with van der Waals surface area (Å²) < 4.78 is 5.95. The molecule has 2 aliphatic rings. The van der Waals surface area contributed by atoms with Crippen LogP contribution in [0.2, 0.25) is 0 Å². The van der Waals surface area contributed by atoms with E-state index in [2.05, 4.69) is 27.0 Å². The standard InChI is InChI=1S/C22H28N4O2/c1-3-25(2)22(27)21-23-14-20(15-24-21)28-19-8-7-16-9-11-26(18-5-4-6-18)12-10-17(16)13-19/h7-8,13-15,18H,3-6,9-12H2,1-2H3. The quantitative estimate of drug-likeness (QED) is 0.796. The van der Waals surface area contributed by atoms with Crippen molar-refractivity contribution in [2.24, 2.45) is 0 Å². The Hall–Kier alpha value is -2.47. The van der Waals surface area contributed by atoms with Gasteiger partial charge >= 0.3 is 0 Å². The first-order valence-electron chi connectivity index (χ1n) is 10.2. The second kappa shape index (κ2) is 8.27. The SMILES string of the molecule is CCN(C)C(=O)c1ncc(Oc2ccc3c(c2)CCN(C2CCC2)CC3)cn1. The number of hydrogen-bond acceptors (Lipinski definition) is 5. The lowest BCUT2D eigenvalue weighted by atomic mass is 9.91. The fourth-order valence-corrected chi connectivity index (χ4v) is 3.83. The van der Waals surface area contributed by atoms with E-state index < -0.39 is 0 Å². The fraction of sp³-hybridized carbons (Fsp3) is 0.500. The zero-order chi connectivity index (χ0) is 19.5. The number of ether oxygens (including phenoxy) is 1. The van der Waals surface area contributed by atoms with Crippen LogP contribution in [0.5, 0.6) is 11.5 Å². The van der Waals surface area contributed by atoms with Crippen molar-refractivity contribution >= 4 is 5.91 Å². The third-order valence-corrected chi connectivity index (χ3v) is 5.98. The predicted molar refractivity (Wildman–Crippen MR) is 108 cm³/mol. The first-order chi connectivity index (χ1) is 13.6. The van der Waals surface area contributed by atoms with Crippen LogP contribution in [0.3, 0.4) is 0 Å². The van der Waals surface area contributed by atoms with Gasteiger partial charge < -0.3 is 9.64 Å². The number of aromatic nitrogens is 2. The van der Waals surface area contributed by atoms with Crippen molar-refractivity contribution in [2.75, 3.05) is 26.7 Å². The molecule has 1 saturated carbocycles. The van der Waals surface area contributed by atoms with Crippen LogP contribution >= 0.6 is 0 Å². The Balaban J connectivity index is 1.42. The van der Waals surface area contributed by atoms with E-state index >= 15 is 0 Å². The van der Waals surface area contributed by atoms with Gasteiger partial charge in [-0.3, -0.25) is 9.69 Å². The Morgan fingerprint density at radius 1 is 1.14 bits per heavy atom. The summed E-state index contributed by atoms with van der Waals surface area (Å²) in [6, 6.07) is 7.14. The van der Waals surface area contributed by atoms with E-state index in [4.69, 9.17) is 4.74 Å². The molecule has 1 aromatic carbocycles. The summed E-state index contributed by atoms with van der Waals surface area (Å²) >= 11 is 0. The monoisotopic (exact) mass is 380 g/mol. The minimum Gasteiger partial charge on any atom is -0.454 e. The highest BCUT2D eigenvalue weighted by atomic mass is 16.5. The largest absolute Gasteiger partial charge is 0.454 e. The van der Waals surface area contributed by atoms with E-state index in [1.165, 1.54) is 30.4 Å². The smallest absolute Gasteiger partial charge is 0.291 e. The molecule has 1 aliphatic heterocycles. The average Bonchev–Trinajstić information content (AvgIpc) is 2.88. The van der Waals surface area contributed by atoms with Gasteiger partial charge in [0.25, 0.3) is 5.91 Å². The van der Waals surface area contributed by atoms with Crippen LogP contribution < -0.4 is 4.74 Å². The second-order valence-electron chi connectivity index (χ2n) is 7.71. The van der Waals surface area contributed by atoms with Gasteiger partial charge in [0.2, 0.25) is 5.82 Å². The van der Waals surface area contributed by atoms with E-state index in [9.17, 15) is 4.79 Å². The van der Waals surface area contributed by atoms with Gasteiger partial charge in [0.1, 0.15) is 5.75 Å². The first-order valence-corrected chi connectivity index (χ1v) is 10.2.